The minimum absolute atomic E-state index is 0.0877. The van der Waals surface area contributed by atoms with Gasteiger partial charge in [0.1, 0.15) is 4.24 Å². The molecule has 2 rings (SSSR count). The quantitative estimate of drug-likeness (QED) is 0.423. The number of hydrogen-bond acceptors (Lipinski definition) is 5. The van der Waals surface area contributed by atoms with Crippen LogP contribution in [0.1, 0.15) is 0 Å². The lowest BCUT2D eigenvalue weighted by atomic mass is 10.3. The van der Waals surface area contributed by atoms with E-state index in [1.54, 1.807) is 24.3 Å². The van der Waals surface area contributed by atoms with Crippen molar-refractivity contribution in [3.05, 3.63) is 73.9 Å². The number of benzene rings is 2. The Morgan fingerprint density at radius 3 is 2.41 bits per heavy atom. The van der Waals surface area contributed by atoms with Crippen molar-refractivity contribution in [1.82, 2.24) is 0 Å². The molecule has 0 aliphatic rings. The predicted octanol–water partition coefficient (Wildman–Crippen LogP) is 4.39. The number of sulfone groups is 1. The van der Waals surface area contributed by atoms with E-state index in [1.165, 1.54) is 18.2 Å². The smallest absolute Gasteiger partial charge is 0.258 e. The first-order valence-corrected chi connectivity index (χ1v) is 9.02. The van der Waals surface area contributed by atoms with Gasteiger partial charge in [0.05, 0.1) is 9.82 Å². The van der Waals surface area contributed by atoms with Crippen LogP contribution in [0.15, 0.2) is 73.6 Å². The first kappa shape index (κ1) is 16.7. The molecule has 0 saturated carbocycles. The summed E-state index contributed by atoms with van der Waals surface area (Å²) in [4.78, 5) is 10.7. The van der Waals surface area contributed by atoms with E-state index >= 15 is 0 Å². The highest BCUT2D eigenvalue weighted by atomic mass is 79.9. The molecule has 0 saturated heterocycles. The molecule has 22 heavy (non-hydrogen) atoms. The fourth-order valence-corrected chi connectivity index (χ4v) is 4.20. The van der Waals surface area contributed by atoms with E-state index in [2.05, 4.69) is 22.5 Å². The highest BCUT2D eigenvalue weighted by Crippen LogP contribution is 2.34. The minimum atomic E-state index is -3.85. The van der Waals surface area contributed by atoms with E-state index in [-0.39, 0.29) is 14.8 Å². The number of non-ortho nitro benzene ring substituents is 1. The first-order valence-electron chi connectivity index (χ1n) is 5.92. The Kier molecular flexibility index (Phi) is 5.05. The monoisotopic (exact) mass is 399 g/mol. The van der Waals surface area contributed by atoms with Gasteiger partial charge in [0.2, 0.25) is 9.84 Å². The highest BCUT2D eigenvalue weighted by Gasteiger charge is 2.22. The van der Waals surface area contributed by atoms with Crippen molar-refractivity contribution in [1.29, 1.82) is 0 Å². The Balaban J connectivity index is 2.29. The zero-order valence-corrected chi connectivity index (χ0v) is 14.3. The Morgan fingerprint density at radius 2 is 1.82 bits per heavy atom. The molecule has 2 aromatic carbocycles. The first-order chi connectivity index (χ1) is 10.3. The summed E-state index contributed by atoms with van der Waals surface area (Å²) >= 11 is 4.29. The van der Waals surface area contributed by atoms with Crippen LogP contribution < -0.4 is 0 Å². The van der Waals surface area contributed by atoms with Crippen molar-refractivity contribution in [3.8, 4) is 0 Å². The molecule has 0 aromatic heterocycles. The molecule has 0 radical (unpaired) electrons. The molecular formula is C14H10BrNO4S2. The van der Waals surface area contributed by atoms with Crippen LogP contribution in [0.4, 0.5) is 5.69 Å². The summed E-state index contributed by atoms with van der Waals surface area (Å²) in [6.07, 6.45) is 0. The van der Waals surface area contributed by atoms with E-state index in [1.807, 2.05) is 0 Å². The summed E-state index contributed by atoms with van der Waals surface area (Å²) in [6, 6.07) is 12.0. The highest BCUT2D eigenvalue weighted by molar-refractivity contribution is 9.10. The van der Waals surface area contributed by atoms with Gasteiger partial charge in [0.25, 0.3) is 5.69 Å². The van der Waals surface area contributed by atoms with Gasteiger partial charge in [-0.15, -0.1) is 0 Å². The molecule has 0 fully saturated rings. The van der Waals surface area contributed by atoms with Gasteiger partial charge >= 0.3 is 0 Å². The lowest BCUT2D eigenvalue weighted by Gasteiger charge is -2.07. The number of nitro benzene ring substituents is 1. The van der Waals surface area contributed by atoms with E-state index in [0.29, 0.717) is 4.90 Å². The summed E-state index contributed by atoms with van der Waals surface area (Å²) in [5, 5.41) is 10.8. The molecule has 0 aliphatic heterocycles. The lowest BCUT2D eigenvalue weighted by molar-refractivity contribution is -0.385. The van der Waals surface area contributed by atoms with Gasteiger partial charge in [-0.1, -0.05) is 40.3 Å². The summed E-state index contributed by atoms with van der Waals surface area (Å²) in [7, 11) is -3.85. The Labute approximate surface area is 140 Å². The SMILES string of the molecule is C=C(Sc1ccc(Br)cc1)S(=O)(=O)c1cccc([N+](=O)[O-])c1. The van der Waals surface area contributed by atoms with Gasteiger partial charge in [0, 0.05) is 21.5 Å². The van der Waals surface area contributed by atoms with Crippen LogP contribution in [0.2, 0.25) is 0 Å². The van der Waals surface area contributed by atoms with Crippen LogP contribution in [-0.2, 0) is 9.84 Å². The van der Waals surface area contributed by atoms with Crippen LogP contribution in [0.3, 0.4) is 0 Å². The van der Waals surface area contributed by atoms with Crippen LogP contribution in [-0.4, -0.2) is 13.3 Å². The third-order valence-corrected chi connectivity index (χ3v) is 6.33. The number of halogens is 1. The molecule has 114 valence electrons. The molecule has 0 N–H and O–H groups in total. The molecule has 0 atom stereocenters. The summed E-state index contributed by atoms with van der Waals surface area (Å²) in [6.45, 7) is 3.59. The van der Waals surface area contributed by atoms with E-state index in [9.17, 15) is 18.5 Å². The van der Waals surface area contributed by atoms with Gasteiger partial charge in [-0.2, -0.15) is 0 Å². The van der Waals surface area contributed by atoms with Crippen LogP contribution >= 0.6 is 27.7 Å². The molecule has 2 aromatic rings. The summed E-state index contributed by atoms with van der Waals surface area (Å²) < 4.78 is 25.6. The largest absolute Gasteiger partial charge is 0.270 e. The average molecular weight is 400 g/mol. The Morgan fingerprint density at radius 1 is 1.18 bits per heavy atom. The van der Waals surface area contributed by atoms with Crippen molar-refractivity contribution in [2.75, 3.05) is 0 Å². The minimum Gasteiger partial charge on any atom is -0.258 e. The van der Waals surface area contributed by atoms with Crippen molar-refractivity contribution in [2.24, 2.45) is 0 Å². The van der Waals surface area contributed by atoms with E-state index < -0.39 is 14.8 Å². The molecule has 0 spiro atoms. The molecule has 0 aliphatic carbocycles. The zero-order valence-electron chi connectivity index (χ0n) is 11.1. The second kappa shape index (κ2) is 6.64. The molecule has 5 nitrogen and oxygen atoms in total. The van der Waals surface area contributed by atoms with E-state index in [0.717, 1.165) is 22.3 Å². The van der Waals surface area contributed by atoms with Crippen LogP contribution in [0.5, 0.6) is 0 Å². The molecule has 0 unspecified atom stereocenters. The van der Waals surface area contributed by atoms with Crippen molar-refractivity contribution in [2.45, 2.75) is 9.79 Å². The van der Waals surface area contributed by atoms with Gasteiger partial charge < -0.3 is 0 Å². The second-order valence-electron chi connectivity index (χ2n) is 4.19. The standard InChI is InChI=1S/C14H10BrNO4S2/c1-10(21-13-7-5-11(15)6-8-13)22(19,20)14-4-2-3-12(9-14)16(17)18/h2-9H,1H2. The molecule has 8 heteroatoms. The van der Waals surface area contributed by atoms with Crippen LogP contribution in [0, 0.1) is 10.1 Å². The zero-order chi connectivity index (χ0) is 16.3. The normalized spacial score (nSPS) is 11.1. The van der Waals surface area contributed by atoms with Crippen LogP contribution in [0.25, 0.3) is 0 Å². The van der Waals surface area contributed by atoms with Gasteiger partial charge in [-0.05, 0) is 30.3 Å². The molecule has 0 bridgehead atoms. The van der Waals surface area contributed by atoms with E-state index in [4.69, 9.17) is 0 Å². The van der Waals surface area contributed by atoms with Gasteiger partial charge in [-0.3, -0.25) is 10.1 Å². The van der Waals surface area contributed by atoms with Crippen molar-refractivity contribution in [3.63, 3.8) is 0 Å². The molecule has 0 heterocycles. The fraction of sp³-hybridized carbons (Fsp3) is 0. The summed E-state index contributed by atoms with van der Waals surface area (Å²) in [5.74, 6) is 0. The maximum Gasteiger partial charge on any atom is 0.270 e. The predicted molar refractivity (Wildman–Crippen MR) is 89.4 cm³/mol. The number of nitro groups is 1. The number of thioether (sulfide) groups is 1. The Bertz CT molecular complexity index is 832. The van der Waals surface area contributed by atoms with Crippen molar-refractivity contribution >= 4 is 43.2 Å². The maximum absolute atomic E-state index is 12.4. The lowest BCUT2D eigenvalue weighted by Crippen LogP contribution is -2.02. The van der Waals surface area contributed by atoms with Gasteiger partial charge in [0.15, 0.2) is 0 Å². The average Bonchev–Trinajstić information content (AvgIpc) is 2.49. The maximum atomic E-state index is 12.4. The molecular weight excluding hydrogens is 390 g/mol. The number of hydrogen-bond donors (Lipinski definition) is 0. The molecule has 0 amide bonds. The third kappa shape index (κ3) is 3.76. The Hall–Kier alpha value is -1.64. The number of nitrogens with zero attached hydrogens (tertiary/aromatic N) is 1. The topological polar surface area (TPSA) is 77.3 Å². The van der Waals surface area contributed by atoms with Crippen molar-refractivity contribution < 1.29 is 13.3 Å². The summed E-state index contributed by atoms with van der Waals surface area (Å²) in [5.41, 5.74) is -0.275. The second-order valence-corrected chi connectivity index (χ2v) is 8.50. The number of rotatable bonds is 5. The fourth-order valence-electron chi connectivity index (χ4n) is 1.58. The van der Waals surface area contributed by atoms with Gasteiger partial charge in [-0.25, -0.2) is 8.42 Å². The third-order valence-electron chi connectivity index (χ3n) is 2.68.